The van der Waals surface area contributed by atoms with E-state index in [1.165, 1.54) is 12.1 Å². The number of nitrogens with one attached hydrogen (secondary N) is 1. The van der Waals surface area contributed by atoms with Crippen LogP contribution in [-0.2, 0) is 11.3 Å². The van der Waals surface area contributed by atoms with Crippen LogP contribution in [0.3, 0.4) is 0 Å². The van der Waals surface area contributed by atoms with Gasteiger partial charge in [-0.25, -0.2) is 14.2 Å². The Balaban J connectivity index is 1.47. The number of carbonyl (C=O) groups excluding carboxylic acids is 1. The van der Waals surface area contributed by atoms with E-state index in [0.29, 0.717) is 25.6 Å². The van der Waals surface area contributed by atoms with Crippen LogP contribution in [0.15, 0.2) is 48.5 Å². The summed E-state index contributed by atoms with van der Waals surface area (Å²) >= 11 is 0. The quantitative estimate of drug-likeness (QED) is 0.589. The molecule has 1 atom stereocenters. The largest absolute Gasteiger partial charge is 0.444 e. The van der Waals surface area contributed by atoms with Gasteiger partial charge in [-0.3, -0.25) is 0 Å². The number of fused-ring (bicyclic) bond motifs is 1. The monoisotopic (exact) mass is 438 g/mol. The Morgan fingerprint density at radius 2 is 1.94 bits per heavy atom. The molecule has 170 valence electrons. The molecule has 7 heteroatoms. The molecule has 1 N–H and O–H groups in total. The van der Waals surface area contributed by atoms with E-state index in [9.17, 15) is 9.18 Å². The summed E-state index contributed by atoms with van der Waals surface area (Å²) in [6, 6.07) is 14.6. The average Bonchev–Trinajstić information content (AvgIpc) is 3.10. The maximum Gasteiger partial charge on any atom is 0.410 e. The summed E-state index contributed by atoms with van der Waals surface area (Å²) in [5, 5.41) is 3.51. The first-order chi connectivity index (χ1) is 15.3. The predicted molar refractivity (Wildman–Crippen MR) is 124 cm³/mol. The molecule has 0 spiro atoms. The summed E-state index contributed by atoms with van der Waals surface area (Å²) in [6.07, 6.45) is 1.76. The number of nitrogens with zero attached hydrogens (tertiary/aromatic N) is 3. The summed E-state index contributed by atoms with van der Waals surface area (Å²) in [7, 11) is 0. The van der Waals surface area contributed by atoms with Crippen LogP contribution < -0.4 is 5.32 Å². The Morgan fingerprint density at radius 3 is 2.69 bits per heavy atom. The van der Waals surface area contributed by atoms with Crippen molar-refractivity contribution in [3.05, 3.63) is 59.9 Å². The van der Waals surface area contributed by atoms with Gasteiger partial charge < -0.3 is 19.5 Å². The third-order valence-electron chi connectivity index (χ3n) is 5.63. The lowest BCUT2D eigenvalue weighted by atomic mass is 9.98. The predicted octanol–water partition coefficient (Wildman–Crippen LogP) is 5.28. The topological polar surface area (TPSA) is 59.4 Å². The van der Waals surface area contributed by atoms with Crippen LogP contribution in [0.1, 0.15) is 39.2 Å². The lowest BCUT2D eigenvalue weighted by molar-refractivity contribution is 0.0172. The van der Waals surface area contributed by atoms with Crippen molar-refractivity contribution in [1.29, 1.82) is 0 Å². The Labute approximate surface area is 188 Å². The molecular formula is C25H31FN4O2. The highest BCUT2D eigenvalue weighted by molar-refractivity contribution is 5.78. The molecule has 1 fully saturated rings. The van der Waals surface area contributed by atoms with E-state index in [1.807, 2.05) is 49.9 Å². The van der Waals surface area contributed by atoms with E-state index in [4.69, 9.17) is 9.72 Å². The van der Waals surface area contributed by atoms with Gasteiger partial charge in [0.05, 0.1) is 17.6 Å². The fourth-order valence-electron chi connectivity index (χ4n) is 4.10. The lowest BCUT2D eigenvalue weighted by Crippen LogP contribution is -2.44. The van der Waals surface area contributed by atoms with Crippen LogP contribution in [-0.4, -0.2) is 45.8 Å². The molecule has 4 rings (SSSR count). The number of imidazole rings is 1. The van der Waals surface area contributed by atoms with Crippen molar-refractivity contribution >= 4 is 23.1 Å². The molecule has 6 nitrogen and oxygen atoms in total. The van der Waals surface area contributed by atoms with Gasteiger partial charge in [0, 0.05) is 19.6 Å². The summed E-state index contributed by atoms with van der Waals surface area (Å²) < 4.78 is 21.0. The second kappa shape index (κ2) is 9.18. The normalized spacial score (nSPS) is 16.9. The van der Waals surface area contributed by atoms with Gasteiger partial charge in [0.25, 0.3) is 0 Å². The number of benzene rings is 2. The number of hydrogen-bond acceptors (Lipinski definition) is 4. The number of carbonyl (C=O) groups is 1. The van der Waals surface area contributed by atoms with Gasteiger partial charge >= 0.3 is 6.09 Å². The molecule has 1 aliphatic rings. The maximum atomic E-state index is 13.3. The fraction of sp³-hybridized carbons (Fsp3) is 0.440. The Bertz CT molecular complexity index is 1070. The number of para-hydroxylation sites is 2. The van der Waals surface area contributed by atoms with Gasteiger partial charge in [0.15, 0.2) is 0 Å². The number of ether oxygens (including phenoxy) is 1. The molecule has 0 saturated carbocycles. The van der Waals surface area contributed by atoms with Crippen molar-refractivity contribution in [2.45, 2.75) is 45.8 Å². The molecule has 0 radical (unpaired) electrons. The molecule has 3 aromatic rings. The first kappa shape index (κ1) is 22.1. The number of likely N-dealkylation sites (tertiary alicyclic amines) is 1. The van der Waals surface area contributed by atoms with Crippen LogP contribution in [0, 0.1) is 11.7 Å². The van der Waals surface area contributed by atoms with Crippen molar-refractivity contribution in [3.8, 4) is 0 Å². The van der Waals surface area contributed by atoms with Crippen molar-refractivity contribution < 1.29 is 13.9 Å². The second-order valence-corrected chi connectivity index (χ2v) is 9.45. The number of anilines is 1. The van der Waals surface area contributed by atoms with Crippen LogP contribution in [0.2, 0.25) is 0 Å². The zero-order chi connectivity index (χ0) is 22.7. The van der Waals surface area contributed by atoms with Gasteiger partial charge in [-0.15, -0.1) is 0 Å². The van der Waals surface area contributed by atoms with Crippen LogP contribution >= 0.6 is 0 Å². The van der Waals surface area contributed by atoms with E-state index in [0.717, 1.165) is 41.9 Å². The average molecular weight is 439 g/mol. The van der Waals surface area contributed by atoms with E-state index in [-0.39, 0.29) is 11.9 Å². The SMILES string of the molecule is CC(C)(C)OC(=O)N1CCCC(CNc2nc3ccccc3n2Cc2ccc(F)cc2)C1. The van der Waals surface area contributed by atoms with Gasteiger partial charge in [0.1, 0.15) is 11.4 Å². The van der Waals surface area contributed by atoms with E-state index in [2.05, 4.69) is 9.88 Å². The summed E-state index contributed by atoms with van der Waals surface area (Å²) in [5.41, 5.74) is 2.45. The molecule has 1 aromatic heterocycles. The molecule has 1 unspecified atom stereocenters. The number of piperidine rings is 1. The highest BCUT2D eigenvalue weighted by Gasteiger charge is 2.27. The van der Waals surface area contributed by atoms with Crippen molar-refractivity contribution in [1.82, 2.24) is 14.5 Å². The number of halogens is 1. The third kappa shape index (κ3) is 5.39. The van der Waals surface area contributed by atoms with Crippen LogP contribution in [0.5, 0.6) is 0 Å². The van der Waals surface area contributed by atoms with Crippen molar-refractivity contribution in [2.75, 3.05) is 25.0 Å². The summed E-state index contributed by atoms with van der Waals surface area (Å²) in [4.78, 5) is 19.1. The first-order valence-electron chi connectivity index (χ1n) is 11.2. The fourth-order valence-corrected chi connectivity index (χ4v) is 4.10. The van der Waals surface area contributed by atoms with E-state index >= 15 is 0 Å². The molecule has 32 heavy (non-hydrogen) atoms. The van der Waals surface area contributed by atoms with Crippen LogP contribution in [0.4, 0.5) is 15.1 Å². The van der Waals surface area contributed by atoms with Gasteiger partial charge in [-0.1, -0.05) is 24.3 Å². The number of rotatable bonds is 5. The van der Waals surface area contributed by atoms with Gasteiger partial charge in [-0.05, 0) is 69.4 Å². The summed E-state index contributed by atoms with van der Waals surface area (Å²) in [6.45, 7) is 8.37. The zero-order valence-corrected chi connectivity index (χ0v) is 19.0. The minimum Gasteiger partial charge on any atom is -0.444 e. The van der Waals surface area contributed by atoms with Crippen LogP contribution in [0.25, 0.3) is 11.0 Å². The molecule has 2 heterocycles. The van der Waals surface area contributed by atoms with Gasteiger partial charge in [-0.2, -0.15) is 0 Å². The molecule has 1 saturated heterocycles. The number of aromatic nitrogens is 2. The molecule has 0 bridgehead atoms. The number of hydrogen-bond donors (Lipinski definition) is 1. The molecule has 0 aliphatic carbocycles. The van der Waals surface area contributed by atoms with E-state index in [1.54, 1.807) is 12.1 Å². The highest BCUT2D eigenvalue weighted by Crippen LogP contribution is 2.24. The Kier molecular flexibility index (Phi) is 6.35. The number of amides is 1. The minimum atomic E-state index is -0.493. The zero-order valence-electron chi connectivity index (χ0n) is 19.0. The minimum absolute atomic E-state index is 0.241. The lowest BCUT2D eigenvalue weighted by Gasteiger charge is -2.34. The molecule has 1 amide bonds. The van der Waals surface area contributed by atoms with E-state index < -0.39 is 5.60 Å². The Morgan fingerprint density at radius 1 is 1.19 bits per heavy atom. The molecule has 2 aromatic carbocycles. The maximum absolute atomic E-state index is 13.3. The third-order valence-corrected chi connectivity index (χ3v) is 5.63. The van der Waals surface area contributed by atoms with Gasteiger partial charge in [0.2, 0.25) is 5.95 Å². The molecular weight excluding hydrogens is 407 g/mol. The second-order valence-electron chi connectivity index (χ2n) is 9.45. The highest BCUT2D eigenvalue weighted by atomic mass is 19.1. The molecule has 1 aliphatic heterocycles. The summed E-state index contributed by atoms with van der Waals surface area (Å²) in [5.74, 6) is 0.856. The Hall–Kier alpha value is -3.09. The van der Waals surface area contributed by atoms with Crippen molar-refractivity contribution in [3.63, 3.8) is 0 Å². The van der Waals surface area contributed by atoms with Crippen molar-refractivity contribution in [2.24, 2.45) is 5.92 Å². The standard InChI is InChI=1S/C25H31FN4O2/c1-25(2,3)32-24(31)29-14-6-7-19(16-29)15-27-23-28-21-8-4-5-9-22(21)30(23)17-18-10-12-20(26)13-11-18/h4-5,8-13,19H,6-7,14-17H2,1-3H3,(H,27,28). The first-order valence-corrected chi connectivity index (χ1v) is 11.2. The smallest absolute Gasteiger partial charge is 0.410 e.